The van der Waals surface area contributed by atoms with Crippen molar-refractivity contribution in [3.05, 3.63) is 42.1 Å². The van der Waals surface area contributed by atoms with Crippen LogP contribution in [0.5, 0.6) is 0 Å². The van der Waals surface area contributed by atoms with Crippen molar-refractivity contribution in [3.63, 3.8) is 0 Å². The molecule has 23 heavy (non-hydrogen) atoms. The number of carbonyl (C=O) groups excluding carboxylic acids is 1. The van der Waals surface area contributed by atoms with Gasteiger partial charge in [-0.1, -0.05) is 11.8 Å². The third-order valence-corrected chi connectivity index (χ3v) is 3.82. The Labute approximate surface area is 136 Å². The summed E-state index contributed by atoms with van der Waals surface area (Å²) in [5.41, 5.74) is 6.81. The largest absolute Gasteiger partial charge is 0.462 e. The van der Waals surface area contributed by atoms with Crippen LogP contribution < -0.4 is 5.73 Å². The summed E-state index contributed by atoms with van der Waals surface area (Å²) < 4.78 is 6.73. The van der Waals surface area contributed by atoms with Gasteiger partial charge in [-0.15, -0.1) is 0 Å². The second-order valence-corrected chi connectivity index (χ2v) is 5.46. The number of rotatable bonds is 5. The van der Waals surface area contributed by atoms with E-state index in [-0.39, 0.29) is 18.0 Å². The van der Waals surface area contributed by atoms with Crippen molar-refractivity contribution in [3.8, 4) is 0 Å². The Hall–Kier alpha value is -2.68. The zero-order chi connectivity index (χ0) is 16.2. The molecule has 0 spiro atoms. The number of nitrogens with zero attached hydrogens (tertiary/aromatic N) is 5. The summed E-state index contributed by atoms with van der Waals surface area (Å²) in [5, 5.41) is 0.473. The van der Waals surface area contributed by atoms with E-state index in [4.69, 9.17) is 10.5 Å². The number of hydrogen-bond donors (Lipinski definition) is 1. The number of thioether (sulfide) groups is 1. The maximum Gasteiger partial charge on any atom is 0.343 e. The Kier molecular flexibility index (Phi) is 4.38. The molecule has 0 atom stereocenters. The average molecular weight is 330 g/mol. The highest BCUT2D eigenvalue weighted by atomic mass is 32.2. The topological polar surface area (TPSA) is 108 Å². The monoisotopic (exact) mass is 330 g/mol. The van der Waals surface area contributed by atoms with E-state index in [1.807, 2.05) is 22.9 Å². The molecular weight excluding hydrogens is 316 g/mol. The molecule has 3 heterocycles. The number of esters is 1. The predicted octanol–water partition coefficient (Wildman–Crippen LogP) is 1.57. The van der Waals surface area contributed by atoms with Crippen LogP contribution in [-0.4, -0.2) is 36.9 Å². The zero-order valence-electron chi connectivity index (χ0n) is 12.3. The molecule has 0 radical (unpaired) electrons. The summed E-state index contributed by atoms with van der Waals surface area (Å²) in [6.45, 7) is 2.00. The molecule has 0 saturated heterocycles. The lowest BCUT2D eigenvalue weighted by Crippen LogP contribution is -2.10. The minimum atomic E-state index is -0.520. The van der Waals surface area contributed by atoms with Crippen LogP contribution in [0.15, 0.2) is 36.0 Å². The summed E-state index contributed by atoms with van der Waals surface area (Å²) in [5.74, 6) is 0.799. The number of nitrogens with two attached hydrogens (primary N) is 1. The van der Waals surface area contributed by atoms with Crippen LogP contribution in [0.1, 0.15) is 23.0 Å². The number of nitrogen functional groups attached to an aromatic ring is 1. The fourth-order valence-electron chi connectivity index (χ4n) is 1.90. The van der Waals surface area contributed by atoms with Crippen LogP contribution in [0.25, 0.3) is 5.78 Å². The van der Waals surface area contributed by atoms with Crippen molar-refractivity contribution < 1.29 is 9.53 Å². The first-order valence-corrected chi connectivity index (χ1v) is 7.87. The van der Waals surface area contributed by atoms with E-state index in [9.17, 15) is 4.79 Å². The second-order valence-electron chi connectivity index (χ2n) is 4.52. The fraction of sp³-hybridized carbons (Fsp3) is 0.214. The molecule has 3 rings (SSSR count). The van der Waals surface area contributed by atoms with Crippen LogP contribution in [0, 0.1) is 0 Å². The molecule has 0 bridgehead atoms. The lowest BCUT2D eigenvalue weighted by molar-refractivity contribution is 0.0526. The molecule has 0 aromatic carbocycles. The smallest absolute Gasteiger partial charge is 0.343 e. The van der Waals surface area contributed by atoms with Crippen molar-refractivity contribution >= 4 is 29.3 Å². The highest BCUT2D eigenvalue weighted by Crippen LogP contribution is 2.21. The number of fused-ring (bicyclic) bond motifs is 1. The van der Waals surface area contributed by atoms with Gasteiger partial charge in [0.1, 0.15) is 11.4 Å². The SMILES string of the molecule is CCOC(=O)c1cnc(SCc2cn3cccnc3n2)nc1N. The summed E-state index contributed by atoms with van der Waals surface area (Å²) in [6, 6.07) is 1.84. The second kappa shape index (κ2) is 6.61. The van der Waals surface area contributed by atoms with Gasteiger partial charge in [0.25, 0.3) is 0 Å². The van der Waals surface area contributed by atoms with E-state index in [1.165, 1.54) is 18.0 Å². The molecule has 0 aliphatic carbocycles. The molecule has 0 aliphatic rings. The summed E-state index contributed by atoms with van der Waals surface area (Å²) in [4.78, 5) is 28.5. The molecule has 9 heteroatoms. The van der Waals surface area contributed by atoms with E-state index in [2.05, 4.69) is 19.9 Å². The van der Waals surface area contributed by atoms with Gasteiger partial charge < -0.3 is 10.5 Å². The Bertz CT molecular complexity index is 817. The molecule has 8 nitrogen and oxygen atoms in total. The van der Waals surface area contributed by atoms with Crippen molar-refractivity contribution in [2.45, 2.75) is 17.8 Å². The average Bonchev–Trinajstić information content (AvgIpc) is 2.96. The van der Waals surface area contributed by atoms with Crippen LogP contribution >= 0.6 is 11.8 Å². The lowest BCUT2D eigenvalue weighted by Gasteiger charge is -2.05. The number of aromatic nitrogens is 5. The van der Waals surface area contributed by atoms with Gasteiger partial charge in [0.05, 0.1) is 12.3 Å². The molecule has 0 amide bonds. The number of anilines is 1. The van der Waals surface area contributed by atoms with Crippen molar-refractivity contribution in [2.24, 2.45) is 0 Å². The maximum atomic E-state index is 11.6. The van der Waals surface area contributed by atoms with E-state index >= 15 is 0 Å². The summed E-state index contributed by atoms with van der Waals surface area (Å²) >= 11 is 1.38. The molecule has 0 aliphatic heterocycles. The number of ether oxygens (including phenoxy) is 1. The van der Waals surface area contributed by atoms with Gasteiger partial charge >= 0.3 is 5.97 Å². The first-order chi connectivity index (χ1) is 11.2. The maximum absolute atomic E-state index is 11.6. The van der Waals surface area contributed by atoms with Crippen molar-refractivity contribution in [1.82, 2.24) is 24.3 Å². The van der Waals surface area contributed by atoms with Crippen molar-refractivity contribution in [1.29, 1.82) is 0 Å². The number of carbonyl (C=O) groups is 1. The molecule has 0 fully saturated rings. The van der Waals surface area contributed by atoms with E-state index in [0.29, 0.717) is 16.7 Å². The standard InChI is InChI=1S/C14H14N6O2S/c1-2-22-12(21)10-6-17-14(19-11(10)15)23-8-9-7-20-5-3-4-16-13(20)18-9/h3-7H,2,8H2,1H3,(H2,15,17,19). The molecular formula is C14H14N6O2S. The highest BCUT2D eigenvalue weighted by molar-refractivity contribution is 7.98. The van der Waals surface area contributed by atoms with Crippen molar-refractivity contribution in [2.75, 3.05) is 12.3 Å². The minimum absolute atomic E-state index is 0.109. The quantitative estimate of drug-likeness (QED) is 0.426. The molecule has 3 aromatic heterocycles. The third-order valence-electron chi connectivity index (χ3n) is 2.93. The normalized spacial score (nSPS) is 10.8. The van der Waals surface area contributed by atoms with Crippen LogP contribution in [-0.2, 0) is 10.5 Å². The molecule has 2 N–H and O–H groups in total. The van der Waals surface area contributed by atoms with E-state index in [1.54, 1.807) is 13.1 Å². The van der Waals surface area contributed by atoms with Gasteiger partial charge in [-0.2, -0.15) is 0 Å². The van der Waals surface area contributed by atoms with Gasteiger partial charge in [0.15, 0.2) is 5.16 Å². The van der Waals surface area contributed by atoms with Gasteiger partial charge in [0.2, 0.25) is 5.78 Å². The molecule has 0 unspecified atom stereocenters. The van der Waals surface area contributed by atoms with Crippen LogP contribution in [0.4, 0.5) is 5.82 Å². The first-order valence-electron chi connectivity index (χ1n) is 6.88. The van der Waals surface area contributed by atoms with Gasteiger partial charge in [-0.3, -0.25) is 4.40 Å². The highest BCUT2D eigenvalue weighted by Gasteiger charge is 2.14. The van der Waals surface area contributed by atoms with Gasteiger partial charge in [0, 0.05) is 30.5 Å². The molecule has 118 valence electrons. The van der Waals surface area contributed by atoms with Crippen LogP contribution in [0.3, 0.4) is 0 Å². The molecule has 3 aromatic rings. The lowest BCUT2D eigenvalue weighted by atomic mass is 10.3. The Balaban J connectivity index is 1.70. The summed E-state index contributed by atoms with van der Waals surface area (Å²) in [6.07, 6.45) is 6.85. The minimum Gasteiger partial charge on any atom is -0.462 e. The number of hydrogen-bond acceptors (Lipinski definition) is 8. The van der Waals surface area contributed by atoms with E-state index < -0.39 is 5.97 Å². The first kappa shape index (κ1) is 15.2. The fourth-order valence-corrected chi connectivity index (χ4v) is 2.61. The van der Waals surface area contributed by atoms with Crippen LogP contribution in [0.2, 0.25) is 0 Å². The zero-order valence-corrected chi connectivity index (χ0v) is 13.2. The predicted molar refractivity (Wildman–Crippen MR) is 84.9 cm³/mol. The number of imidazole rings is 1. The summed E-state index contributed by atoms with van der Waals surface area (Å²) in [7, 11) is 0. The van der Waals surface area contributed by atoms with E-state index in [0.717, 1.165) is 5.69 Å². The molecule has 0 saturated carbocycles. The van der Waals surface area contributed by atoms with Gasteiger partial charge in [-0.25, -0.2) is 24.7 Å². The Morgan fingerprint density at radius 1 is 1.39 bits per heavy atom. The Morgan fingerprint density at radius 2 is 2.26 bits per heavy atom. The van der Waals surface area contributed by atoms with Gasteiger partial charge in [-0.05, 0) is 13.0 Å². The third kappa shape index (κ3) is 3.39. The Morgan fingerprint density at radius 3 is 3.00 bits per heavy atom.